The zero-order chi connectivity index (χ0) is 23.6. The largest absolute Gasteiger partial charge is 0.341 e. The zero-order valence-electron chi connectivity index (χ0n) is 18.7. The van der Waals surface area contributed by atoms with Gasteiger partial charge in [-0.25, -0.2) is 17.4 Å². The number of para-hydroxylation sites is 1. The number of aromatic nitrogens is 2. The summed E-state index contributed by atoms with van der Waals surface area (Å²) in [6, 6.07) is 17.3. The molecule has 33 heavy (non-hydrogen) atoms. The number of nitrogens with zero attached hydrogens (tertiary/aromatic N) is 4. The highest BCUT2D eigenvalue weighted by molar-refractivity contribution is 7.88. The molecule has 1 aliphatic heterocycles. The molecule has 2 heterocycles. The van der Waals surface area contributed by atoms with Crippen LogP contribution in [0.4, 0.5) is 0 Å². The Bertz CT molecular complexity index is 1230. The molecule has 0 aliphatic carbocycles. The van der Waals surface area contributed by atoms with Crippen LogP contribution in [0.1, 0.15) is 18.4 Å². The van der Waals surface area contributed by atoms with Crippen LogP contribution in [0.15, 0.2) is 60.8 Å². The third kappa shape index (κ3) is 5.46. The molecular formula is C24H27ClN4O3S. The summed E-state index contributed by atoms with van der Waals surface area (Å²) < 4.78 is 27.1. The SMILES string of the molecule is CN(Cc1cn(-c2ccccc2)nc1-c1ccc(Cl)cc1)C(=O)C1CCCN(S(C)(=O)=O)C1. The summed E-state index contributed by atoms with van der Waals surface area (Å²) in [4.78, 5) is 14.9. The molecule has 1 unspecified atom stereocenters. The molecule has 0 saturated carbocycles. The average molecular weight is 487 g/mol. The van der Waals surface area contributed by atoms with Crippen molar-refractivity contribution in [1.82, 2.24) is 19.0 Å². The Morgan fingerprint density at radius 3 is 2.52 bits per heavy atom. The monoisotopic (exact) mass is 486 g/mol. The molecule has 1 aliphatic rings. The molecule has 0 N–H and O–H groups in total. The lowest BCUT2D eigenvalue weighted by Crippen LogP contribution is -2.45. The van der Waals surface area contributed by atoms with Crippen molar-refractivity contribution in [2.45, 2.75) is 19.4 Å². The van der Waals surface area contributed by atoms with Crippen LogP contribution in [0.25, 0.3) is 16.9 Å². The molecule has 9 heteroatoms. The van der Waals surface area contributed by atoms with Crippen molar-refractivity contribution in [1.29, 1.82) is 0 Å². The van der Waals surface area contributed by atoms with Crippen molar-refractivity contribution in [3.63, 3.8) is 0 Å². The topological polar surface area (TPSA) is 75.5 Å². The highest BCUT2D eigenvalue weighted by Gasteiger charge is 2.32. The van der Waals surface area contributed by atoms with Gasteiger partial charge in [-0.05, 0) is 37.1 Å². The summed E-state index contributed by atoms with van der Waals surface area (Å²) in [5.74, 6) is -0.403. The van der Waals surface area contributed by atoms with Gasteiger partial charge in [0, 0.05) is 49.0 Å². The summed E-state index contributed by atoms with van der Waals surface area (Å²) in [5, 5.41) is 5.44. The van der Waals surface area contributed by atoms with E-state index in [-0.39, 0.29) is 18.4 Å². The van der Waals surface area contributed by atoms with Crippen molar-refractivity contribution >= 4 is 27.5 Å². The molecule has 174 valence electrons. The number of sulfonamides is 1. The van der Waals surface area contributed by atoms with Gasteiger partial charge >= 0.3 is 0 Å². The molecule has 0 radical (unpaired) electrons. The average Bonchev–Trinajstić information content (AvgIpc) is 3.23. The third-order valence-electron chi connectivity index (χ3n) is 5.91. The molecule has 7 nitrogen and oxygen atoms in total. The Kier molecular flexibility index (Phi) is 6.88. The standard InChI is InChI=1S/C24H27ClN4O3S/c1-27(24(30)19-7-6-14-28(16-19)33(2,31)32)15-20-17-29(22-8-4-3-5-9-22)26-23(20)18-10-12-21(25)13-11-18/h3-5,8-13,17,19H,6-7,14-16H2,1-2H3. The summed E-state index contributed by atoms with van der Waals surface area (Å²) in [7, 11) is -1.55. The fourth-order valence-corrected chi connectivity index (χ4v) is 5.22. The number of rotatable bonds is 6. The van der Waals surface area contributed by atoms with Crippen molar-refractivity contribution < 1.29 is 13.2 Å². The number of benzene rings is 2. The van der Waals surface area contributed by atoms with Crippen molar-refractivity contribution in [3.05, 3.63) is 71.4 Å². The molecule has 0 spiro atoms. The molecule has 1 atom stereocenters. The Hall–Kier alpha value is -2.68. The maximum absolute atomic E-state index is 13.2. The van der Waals surface area contributed by atoms with Crippen LogP contribution in [0.3, 0.4) is 0 Å². The number of piperidine rings is 1. The van der Waals surface area contributed by atoms with E-state index in [1.165, 1.54) is 10.6 Å². The molecule has 1 aromatic heterocycles. The second kappa shape index (κ2) is 9.67. The summed E-state index contributed by atoms with van der Waals surface area (Å²) in [6.07, 6.45) is 4.49. The fourth-order valence-electron chi connectivity index (χ4n) is 4.18. The normalized spacial score (nSPS) is 17.1. The second-order valence-electron chi connectivity index (χ2n) is 8.44. The minimum Gasteiger partial charge on any atom is -0.341 e. The van der Waals surface area contributed by atoms with Gasteiger partial charge < -0.3 is 4.90 Å². The number of hydrogen-bond donors (Lipinski definition) is 0. The van der Waals surface area contributed by atoms with Gasteiger partial charge in [0.1, 0.15) is 0 Å². The molecule has 0 bridgehead atoms. The maximum Gasteiger partial charge on any atom is 0.227 e. The number of carbonyl (C=O) groups is 1. The smallest absolute Gasteiger partial charge is 0.227 e. The van der Waals surface area contributed by atoms with Gasteiger partial charge in [-0.1, -0.05) is 41.9 Å². The van der Waals surface area contributed by atoms with Gasteiger partial charge in [-0.2, -0.15) is 5.10 Å². The van der Waals surface area contributed by atoms with Crippen LogP contribution >= 0.6 is 11.6 Å². The lowest BCUT2D eigenvalue weighted by Gasteiger charge is -2.32. The number of halogens is 1. The molecule has 1 fully saturated rings. The van der Waals surface area contributed by atoms with E-state index < -0.39 is 10.0 Å². The Labute approximate surface area is 199 Å². The van der Waals surface area contributed by atoms with E-state index in [4.69, 9.17) is 16.7 Å². The van der Waals surface area contributed by atoms with Gasteiger partial charge in [0.15, 0.2) is 0 Å². The number of amides is 1. The highest BCUT2D eigenvalue weighted by atomic mass is 35.5. The minimum atomic E-state index is -3.31. The zero-order valence-corrected chi connectivity index (χ0v) is 20.3. The number of hydrogen-bond acceptors (Lipinski definition) is 4. The van der Waals surface area contributed by atoms with Gasteiger partial charge in [0.05, 0.1) is 23.6 Å². The molecule has 2 aromatic carbocycles. The molecular weight excluding hydrogens is 460 g/mol. The predicted molar refractivity (Wildman–Crippen MR) is 130 cm³/mol. The lowest BCUT2D eigenvalue weighted by atomic mass is 9.98. The van der Waals surface area contributed by atoms with Crippen LogP contribution in [0, 0.1) is 5.92 Å². The van der Waals surface area contributed by atoms with Crippen molar-refractivity contribution in [2.75, 3.05) is 26.4 Å². The van der Waals surface area contributed by atoms with E-state index in [9.17, 15) is 13.2 Å². The van der Waals surface area contributed by atoms with Crippen LogP contribution < -0.4 is 0 Å². The first-order valence-electron chi connectivity index (χ1n) is 10.8. The van der Waals surface area contributed by atoms with Gasteiger partial charge in [0.25, 0.3) is 0 Å². The van der Waals surface area contributed by atoms with Gasteiger partial charge in [-0.15, -0.1) is 0 Å². The second-order valence-corrected chi connectivity index (χ2v) is 10.9. The third-order valence-corrected chi connectivity index (χ3v) is 7.44. The van der Waals surface area contributed by atoms with E-state index in [1.807, 2.05) is 65.5 Å². The number of carbonyl (C=O) groups excluding carboxylic acids is 1. The van der Waals surface area contributed by atoms with E-state index in [1.54, 1.807) is 11.9 Å². The Morgan fingerprint density at radius 2 is 1.85 bits per heavy atom. The summed E-state index contributed by atoms with van der Waals surface area (Å²) >= 11 is 6.07. The Balaban J connectivity index is 1.60. The van der Waals surface area contributed by atoms with Crippen LogP contribution in [0.2, 0.25) is 5.02 Å². The van der Waals surface area contributed by atoms with E-state index in [2.05, 4.69) is 0 Å². The summed E-state index contributed by atoms with van der Waals surface area (Å²) in [5.41, 5.74) is 3.50. The molecule has 3 aromatic rings. The van der Waals surface area contributed by atoms with E-state index >= 15 is 0 Å². The predicted octanol–water partition coefficient (Wildman–Crippen LogP) is 3.82. The first-order valence-corrected chi connectivity index (χ1v) is 13.0. The first-order chi connectivity index (χ1) is 15.7. The van der Waals surface area contributed by atoms with Crippen molar-refractivity contribution in [2.24, 2.45) is 5.92 Å². The van der Waals surface area contributed by atoms with Crippen molar-refractivity contribution in [3.8, 4) is 16.9 Å². The van der Waals surface area contributed by atoms with E-state index in [0.717, 1.165) is 22.5 Å². The molecule has 1 amide bonds. The minimum absolute atomic E-state index is 0.0575. The Morgan fingerprint density at radius 1 is 1.15 bits per heavy atom. The van der Waals surface area contributed by atoms with E-state index in [0.29, 0.717) is 31.0 Å². The maximum atomic E-state index is 13.2. The molecule has 4 rings (SSSR count). The molecule has 1 saturated heterocycles. The van der Waals surface area contributed by atoms with Crippen LogP contribution in [0.5, 0.6) is 0 Å². The highest BCUT2D eigenvalue weighted by Crippen LogP contribution is 2.27. The van der Waals surface area contributed by atoms with Gasteiger partial charge in [0.2, 0.25) is 15.9 Å². The van der Waals surface area contributed by atoms with Crippen LogP contribution in [-0.4, -0.2) is 59.7 Å². The van der Waals surface area contributed by atoms with Crippen LogP contribution in [-0.2, 0) is 21.4 Å². The first kappa shape index (κ1) is 23.5. The fraction of sp³-hybridized carbons (Fsp3) is 0.333. The summed E-state index contributed by atoms with van der Waals surface area (Å²) in [6.45, 7) is 1.06. The van der Waals surface area contributed by atoms with Gasteiger partial charge in [-0.3, -0.25) is 4.79 Å². The lowest BCUT2D eigenvalue weighted by molar-refractivity contribution is -0.135. The quantitative estimate of drug-likeness (QED) is 0.530.